The van der Waals surface area contributed by atoms with Gasteiger partial charge in [-0.05, 0) is 42.9 Å². The highest BCUT2D eigenvalue weighted by molar-refractivity contribution is 5.78. The van der Waals surface area contributed by atoms with Crippen molar-refractivity contribution in [3.63, 3.8) is 0 Å². The highest BCUT2D eigenvalue weighted by Gasteiger charge is 2.18. The van der Waals surface area contributed by atoms with Crippen molar-refractivity contribution < 1.29 is 4.79 Å². The summed E-state index contributed by atoms with van der Waals surface area (Å²) in [4.78, 5) is 25.1. The van der Waals surface area contributed by atoms with Gasteiger partial charge in [-0.25, -0.2) is 9.97 Å². The van der Waals surface area contributed by atoms with Crippen molar-refractivity contribution in [3.05, 3.63) is 42.2 Å². The third-order valence-electron chi connectivity index (χ3n) is 5.25. The van der Waals surface area contributed by atoms with Gasteiger partial charge in [0.1, 0.15) is 0 Å². The topological polar surface area (TPSA) is 75.4 Å². The van der Waals surface area contributed by atoms with Gasteiger partial charge in [-0.1, -0.05) is 25.1 Å². The molecule has 2 heterocycles. The molecule has 0 atom stereocenters. The van der Waals surface area contributed by atoms with Crippen molar-refractivity contribution in [2.24, 2.45) is 11.7 Å². The Labute approximate surface area is 161 Å². The fourth-order valence-electron chi connectivity index (χ4n) is 3.42. The van der Waals surface area contributed by atoms with Crippen LogP contribution in [0.5, 0.6) is 0 Å². The van der Waals surface area contributed by atoms with E-state index in [4.69, 9.17) is 5.73 Å². The summed E-state index contributed by atoms with van der Waals surface area (Å²) >= 11 is 0. The molecule has 0 aliphatic carbocycles. The number of hydrogen-bond donors (Lipinski definition) is 1. The fraction of sp³-hybridized carbons (Fsp3) is 0.476. The lowest BCUT2D eigenvalue weighted by Crippen LogP contribution is -2.35. The number of rotatable bonds is 6. The van der Waals surface area contributed by atoms with Gasteiger partial charge in [-0.3, -0.25) is 4.79 Å². The molecule has 3 rings (SSSR count). The first-order valence-corrected chi connectivity index (χ1v) is 9.74. The second kappa shape index (κ2) is 8.95. The lowest BCUT2D eigenvalue weighted by atomic mass is 10.00. The van der Waals surface area contributed by atoms with E-state index in [1.165, 1.54) is 12.8 Å². The quantitative estimate of drug-likeness (QED) is 0.850. The van der Waals surface area contributed by atoms with Crippen LogP contribution in [0, 0.1) is 5.92 Å². The molecule has 0 unspecified atom stereocenters. The van der Waals surface area contributed by atoms with Crippen molar-refractivity contribution in [2.75, 3.05) is 31.1 Å². The monoisotopic (exact) mass is 367 g/mol. The Hall–Kier alpha value is -2.47. The SMILES string of the molecule is CCN(Cc1cccc(-c2cnc(N3CCC(C)CC3)nc2)c1)C(=O)CN. The Balaban J connectivity index is 1.72. The summed E-state index contributed by atoms with van der Waals surface area (Å²) in [6.07, 6.45) is 6.18. The minimum atomic E-state index is -0.0357. The molecule has 1 aliphatic rings. The van der Waals surface area contributed by atoms with Crippen LogP contribution in [0.3, 0.4) is 0 Å². The second-order valence-corrected chi connectivity index (χ2v) is 7.25. The smallest absolute Gasteiger partial charge is 0.236 e. The summed E-state index contributed by atoms with van der Waals surface area (Å²) in [6.45, 7) is 7.56. The van der Waals surface area contributed by atoms with E-state index in [1.807, 2.05) is 37.5 Å². The van der Waals surface area contributed by atoms with Gasteiger partial charge in [0, 0.05) is 44.1 Å². The third kappa shape index (κ3) is 4.83. The number of nitrogens with zero attached hydrogens (tertiary/aromatic N) is 4. The fourth-order valence-corrected chi connectivity index (χ4v) is 3.42. The number of amides is 1. The van der Waals surface area contributed by atoms with Gasteiger partial charge in [0.05, 0.1) is 6.54 Å². The number of carbonyl (C=O) groups excluding carboxylic acids is 1. The van der Waals surface area contributed by atoms with Crippen LogP contribution in [-0.4, -0.2) is 47.0 Å². The number of hydrogen-bond acceptors (Lipinski definition) is 5. The summed E-state index contributed by atoms with van der Waals surface area (Å²) in [5.74, 6) is 1.57. The van der Waals surface area contributed by atoms with Crippen LogP contribution in [0.25, 0.3) is 11.1 Å². The molecule has 144 valence electrons. The van der Waals surface area contributed by atoms with E-state index in [-0.39, 0.29) is 12.5 Å². The number of nitrogens with two attached hydrogens (primary N) is 1. The van der Waals surface area contributed by atoms with Crippen molar-refractivity contribution in [1.29, 1.82) is 0 Å². The number of likely N-dealkylation sites (N-methyl/N-ethyl adjacent to an activating group) is 1. The van der Waals surface area contributed by atoms with Crippen molar-refractivity contribution in [1.82, 2.24) is 14.9 Å². The molecule has 1 amide bonds. The Morgan fingerprint density at radius 1 is 1.22 bits per heavy atom. The molecule has 0 radical (unpaired) electrons. The van der Waals surface area contributed by atoms with E-state index in [9.17, 15) is 4.79 Å². The van der Waals surface area contributed by atoms with E-state index >= 15 is 0 Å². The number of anilines is 1. The number of aromatic nitrogens is 2. The zero-order valence-electron chi connectivity index (χ0n) is 16.3. The predicted molar refractivity (Wildman–Crippen MR) is 108 cm³/mol. The molecule has 6 nitrogen and oxygen atoms in total. The summed E-state index contributed by atoms with van der Waals surface area (Å²) < 4.78 is 0. The molecule has 2 N–H and O–H groups in total. The average Bonchev–Trinajstić information content (AvgIpc) is 2.72. The van der Waals surface area contributed by atoms with Crippen molar-refractivity contribution >= 4 is 11.9 Å². The highest BCUT2D eigenvalue weighted by Crippen LogP contribution is 2.23. The van der Waals surface area contributed by atoms with E-state index in [0.717, 1.165) is 41.6 Å². The molecule has 0 saturated carbocycles. The largest absolute Gasteiger partial charge is 0.341 e. The molecule has 1 aliphatic heterocycles. The highest BCUT2D eigenvalue weighted by atomic mass is 16.2. The average molecular weight is 367 g/mol. The summed E-state index contributed by atoms with van der Waals surface area (Å²) in [5.41, 5.74) is 8.61. The predicted octanol–water partition coefficient (Wildman–Crippen LogP) is 2.69. The van der Waals surface area contributed by atoms with E-state index in [2.05, 4.69) is 27.9 Å². The van der Waals surface area contributed by atoms with Crippen LogP contribution < -0.4 is 10.6 Å². The summed E-state index contributed by atoms with van der Waals surface area (Å²) in [7, 11) is 0. The number of piperidine rings is 1. The van der Waals surface area contributed by atoms with Crippen LogP contribution in [0.2, 0.25) is 0 Å². The second-order valence-electron chi connectivity index (χ2n) is 7.25. The summed E-state index contributed by atoms with van der Waals surface area (Å²) in [6, 6.07) is 8.17. The van der Waals surface area contributed by atoms with E-state index < -0.39 is 0 Å². The molecular formula is C21H29N5O. The molecule has 0 spiro atoms. The molecule has 6 heteroatoms. The molecule has 1 aromatic heterocycles. The molecule has 1 saturated heterocycles. The standard InChI is InChI=1S/C21H29N5O/c1-3-25(20(27)12-22)15-17-5-4-6-18(11-17)19-13-23-21(24-14-19)26-9-7-16(2)8-10-26/h4-6,11,13-14,16H,3,7-10,12,15,22H2,1-2H3. The lowest BCUT2D eigenvalue weighted by molar-refractivity contribution is -0.130. The van der Waals surface area contributed by atoms with Gasteiger partial charge in [-0.2, -0.15) is 0 Å². The van der Waals surface area contributed by atoms with Gasteiger partial charge in [0.15, 0.2) is 0 Å². The Morgan fingerprint density at radius 2 is 1.93 bits per heavy atom. The third-order valence-corrected chi connectivity index (χ3v) is 5.25. The minimum Gasteiger partial charge on any atom is -0.341 e. The first kappa shape index (κ1) is 19.3. The maximum Gasteiger partial charge on any atom is 0.236 e. The Morgan fingerprint density at radius 3 is 2.56 bits per heavy atom. The molecule has 2 aromatic rings. The maximum atomic E-state index is 11.9. The Bertz CT molecular complexity index is 753. The van der Waals surface area contributed by atoms with Crippen molar-refractivity contribution in [3.8, 4) is 11.1 Å². The number of carbonyl (C=O) groups is 1. The molecule has 27 heavy (non-hydrogen) atoms. The van der Waals surface area contributed by atoms with Crippen LogP contribution >= 0.6 is 0 Å². The Kier molecular flexibility index (Phi) is 6.40. The van der Waals surface area contributed by atoms with E-state index in [1.54, 1.807) is 4.90 Å². The van der Waals surface area contributed by atoms with Gasteiger partial charge in [0.2, 0.25) is 11.9 Å². The van der Waals surface area contributed by atoms with Gasteiger partial charge >= 0.3 is 0 Å². The molecule has 1 aromatic carbocycles. The zero-order valence-corrected chi connectivity index (χ0v) is 16.3. The first-order valence-electron chi connectivity index (χ1n) is 9.74. The normalized spacial score (nSPS) is 15.0. The minimum absolute atomic E-state index is 0.0357. The zero-order chi connectivity index (χ0) is 19.2. The van der Waals surface area contributed by atoms with Crippen molar-refractivity contribution in [2.45, 2.75) is 33.2 Å². The maximum absolute atomic E-state index is 11.9. The van der Waals surface area contributed by atoms with Crippen LogP contribution in [0.4, 0.5) is 5.95 Å². The van der Waals surface area contributed by atoms with Gasteiger partial charge in [0.25, 0.3) is 0 Å². The lowest BCUT2D eigenvalue weighted by Gasteiger charge is -2.30. The van der Waals surface area contributed by atoms with Gasteiger partial charge in [-0.15, -0.1) is 0 Å². The van der Waals surface area contributed by atoms with Gasteiger partial charge < -0.3 is 15.5 Å². The molecule has 1 fully saturated rings. The molecule has 0 bridgehead atoms. The summed E-state index contributed by atoms with van der Waals surface area (Å²) in [5, 5.41) is 0. The van der Waals surface area contributed by atoms with Crippen LogP contribution in [0.1, 0.15) is 32.3 Å². The van der Waals surface area contributed by atoms with Crippen LogP contribution in [0.15, 0.2) is 36.7 Å². The van der Waals surface area contributed by atoms with Crippen LogP contribution in [-0.2, 0) is 11.3 Å². The molecular weight excluding hydrogens is 338 g/mol. The first-order chi connectivity index (χ1) is 13.1. The number of benzene rings is 1. The van der Waals surface area contributed by atoms with E-state index in [0.29, 0.717) is 13.1 Å².